The van der Waals surface area contributed by atoms with Crippen molar-refractivity contribution in [1.82, 2.24) is 24.6 Å². The van der Waals surface area contributed by atoms with Crippen molar-refractivity contribution >= 4 is 11.8 Å². The number of nitrogens with two attached hydrogens (primary N) is 1. The van der Waals surface area contributed by atoms with Gasteiger partial charge in [0.05, 0.1) is 18.5 Å². The number of hydrogen-bond acceptors (Lipinski definition) is 7. The Morgan fingerprint density at radius 3 is 2.96 bits per heavy atom. The van der Waals surface area contributed by atoms with Gasteiger partial charge in [-0.25, -0.2) is 4.98 Å². The Balaban J connectivity index is 1.45. The lowest BCUT2D eigenvalue weighted by Gasteiger charge is -2.22. The van der Waals surface area contributed by atoms with Crippen molar-refractivity contribution in [3.05, 3.63) is 29.2 Å². The van der Waals surface area contributed by atoms with Gasteiger partial charge in [0.25, 0.3) is 0 Å². The van der Waals surface area contributed by atoms with Gasteiger partial charge >= 0.3 is 0 Å². The number of ether oxygens (including phenoxy) is 1. The zero-order valence-corrected chi connectivity index (χ0v) is 15.3. The number of anilines is 2. The second kappa shape index (κ2) is 7.59. The van der Waals surface area contributed by atoms with Gasteiger partial charge in [0.2, 0.25) is 5.95 Å². The predicted octanol–water partition coefficient (Wildman–Crippen LogP) is 0.842. The standard InChI is InChI=1S/C18H27N7O/c1-24-10-14(9-21-24)8-20-17-15-2-5-25(11-13-4-7-26-12-13)6-3-16(15)22-18(19)23-17/h9-10,13H,2-8,11-12H2,1H3,(H3,19,20,22,23)/t13-/m0/s1. The van der Waals surface area contributed by atoms with Crippen LogP contribution >= 0.6 is 0 Å². The minimum Gasteiger partial charge on any atom is -0.381 e. The van der Waals surface area contributed by atoms with Crippen molar-refractivity contribution in [3.63, 3.8) is 0 Å². The molecule has 1 atom stereocenters. The highest BCUT2D eigenvalue weighted by atomic mass is 16.5. The highest BCUT2D eigenvalue weighted by Gasteiger charge is 2.23. The first-order valence-electron chi connectivity index (χ1n) is 9.34. The van der Waals surface area contributed by atoms with Gasteiger partial charge in [0, 0.05) is 63.6 Å². The van der Waals surface area contributed by atoms with Crippen LogP contribution in [-0.2, 0) is 31.2 Å². The number of nitrogen functional groups attached to an aromatic ring is 1. The van der Waals surface area contributed by atoms with Crippen molar-refractivity contribution in [2.24, 2.45) is 13.0 Å². The SMILES string of the molecule is Cn1cc(CNc2nc(N)nc3c2CCN(C[C@@H]2CCOC2)CC3)cn1. The summed E-state index contributed by atoms with van der Waals surface area (Å²) in [5.41, 5.74) is 9.37. The van der Waals surface area contributed by atoms with E-state index in [1.165, 1.54) is 12.0 Å². The molecule has 140 valence electrons. The molecule has 0 bridgehead atoms. The molecule has 0 radical (unpaired) electrons. The molecule has 4 heterocycles. The Morgan fingerprint density at radius 2 is 2.19 bits per heavy atom. The van der Waals surface area contributed by atoms with E-state index in [0.29, 0.717) is 18.4 Å². The minimum atomic E-state index is 0.343. The van der Waals surface area contributed by atoms with Crippen molar-refractivity contribution in [1.29, 1.82) is 0 Å². The summed E-state index contributed by atoms with van der Waals surface area (Å²) in [6.07, 6.45) is 6.90. The first kappa shape index (κ1) is 17.2. The van der Waals surface area contributed by atoms with Crippen molar-refractivity contribution in [2.45, 2.75) is 25.8 Å². The first-order valence-corrected chi connectivity index (χ1v) is 9.34. The fourth-order valence-electron chi connectivity index (χ4n) is 3.83. The second-order valence-corrected chi connectivity index (χ2v) is 7.26. The summed E-state index contributed by atoms with van der Waals surface area (Å²) in [7, 11) is 1.92. The molecule has 2 aromatic rings. The molecule has 2 aliphatic heterocycles. The highest BCUT2D eigenvalue weighted by molar-refractivity contribution is 5.50. The second-order valence-electron chi connectivity index (χ2n) is 7.26. The maximum Gasteiger partial charge on any atom is 0.222 e. The summed E-state index contributed by atoms with van der Waals surface area (Å²) in [5, 5.41) is 7.65. The Hall–Kier alpha value is -2.19. The molecule has 0 aliphatic carbocycles. The zero-order valence-electron chi connectivity index (χ0n) is 15.3. The number of rotatable bonds is 5. The van der Waals surface area contributed by atoms with Crippen LogP contribution in [0.1, 0.15) is 23.2 Å². The lowest BCUT2D eigenvalue weighted by molar-refractivity contribution is 0.168. The third-order valence-electron chi connectivity index (χ3n) is 5.21. The van der Waals surface area contributed by atoms with Crippen LogP contribution in [0.4, 0.5) is 11.8 Å². The van der Waals surface area contributed by atoms with Gasteiger partial charge in [-0.1, -0.05) is 0 Å². The molecule has 4 rings (SSSR count). The normalized spacial score (nSPS) is 20.7. The summed E-state index contributed by atoms with van der Waals surface area (Å²) in [6, 6.07) is 0. The topological polar surface area (TPSA) is 94.1 Å². The van der Waals surface area contributed by atoms with Crippen LogP contribution in [0.5, 0.6) is 0 Å². The van der Waals surface area contributed by atoms with Crippen LogP contribution in [-0.4, -0.2) is 57.5 Å². The number of hydrogen-bond donors (Lipinski definition) is 2. The molecule has 8 heteroatoms. The third-order valence-corrected chi connectivity index (χ3v) is 5.21. The van der Waals surface area contributed by atoms with Crippen LogP contribution in [0.2, 0.25) is 0 Å². The lowest BCUT2D eigenvalue weighted by atomic mass is 10.1. The summed E-state index contributed by atoms with van der Waals surface area (Å²) in [5.74, 6) is 1.87. The summed E-state index contributed by atoms with van der Waals surface area (Å²) in [6.45, 7) is 5.63. The molecule has 0 saturated carbocycles. The van der Waals surface area contributed by atoms with E-state index in [0.717, 1.165) is 62.8 Å². The third kappa shape index (κ3) is 3.96. The molecule has 0 unspecified atom stereocenters. The van der Waals surface area contributed by atoms with Crippen molar-refractivity contribution < 1.29 is 4.74 Å². The number of aryl methyl sites for hydroxylation is 1. The van der Waals surface area contributed by atoms with Gasteiger partial charge in [-0.05, 0) is 18.8 Å². The van der Waals surface area contributed by atoms with Gasteiger partial charge in [-0.3, -0.25) is 4.68 Å². The van der Waals surface area contributed by atoms with Crippen LogP contribution in [0.15, 0.2) is 12.4 Å². The maximum absolute atomic E-state index is 5.96. The van der Waals surface area contributed by atoms with E-state index in [2.05, 4.69) is 25.3 Å². The Labute approximate surface area is 153 Å². The van der Waals surface area contributed by atoms with Gasteiger partial charge < -0.3 is 20.7 Å². The molecule has 0 amide bonds. The van der Waals surface area contributed by atoms with E-state index in [-0.39, 0.29) is 0 Å². The largest absolute Gasteiger partial charge is 0.381 e. The van der Waals surface area contributed by atoms with Gasteiger partial charge in [0.1, 0.15) is 5.82 Å². The highest BCUT2D eigenvalue weighted by Crippen LogP contribution is 2.24. The van der Waals surface area contributed by atoms with E-state index >= 15 is 0 Å². The molecule has 8 nitrogen and oxygen atoms in total. The van der Waals surface area contributed by atoms with E-state index in [9.17, 15) is 0 Å². The fourth-order valence-corrected chi connectivity index (χ4v) is 3.83. The van der Waals surface area contributed by atoms with E-state index in [1.54, 1.807) is 4.68 Å². The van der Waals surface area contributed by atoms with Gasteiger partial charge in [-0.2, -0.15) is 10.1 Å². The quantitative estimate of drug-likeness (QED) is 0.819. The van der Waals surface area contributed by atoms with Crippen molar-refractivity contribution in [3.8, 4) is 0 Å². The average Bonchev–Trinajstić information content (AvgIpc) is 3.23. The number of nitrogens with zero attached hydrogens (tertiary/aromatic N) is 5. The smallest absolute Gasteiger partial charge is 0.222 e. The van der Waals surface area contributed by atoms with Crippen LogP contribution in [0.3, 0.4) is 0 Å². The average molecular weight is 357 g/mol. The van der Waals surface area contributed by atoms with Crippen molar-refractivity contribution in [2.75, 3.05) is 43.9 Å². The number of nitrogens with one attached hydrogen (secondary N) is 1. The molecule has 1 saturated heterocycles. The van der Waals surface area contributed by atoms with Gasteiger partial charge in [-0.15, -0.1) is 0 Å². The summed E-state index contributed by atoms with van der Waals surface area (Å²) < 4.78 is 7.32. The minimum absolute atomic E-state index is 0.343. The molecule has 0 aromatic carbocycles. The zero-order chi connectivity index (χ0) is 17.9. The fraction of sp³-hybridized carbons (Fsp3) is 0.611. The van der Waals surface area contributed by atoms with Gasteiger partial charge in [0.15, 0.2) is 0 Å². The molecular formula is C18H27N7O. The van der Waals surface area contributed by atoms with E-state index in [4.69, 9.17) is 10.5 Å². The summed E-state index contributed by atoms with van der Waals surface area (Å²) >= 11 is 0. The molecular weight excluding hydrogens is 330 g/mol. The number of fused-ring (bicyclic) bond motifs is 1. The monoisotopic (exact) mass is 357 g/mol. The predicted molar refractivity (Wildman–Crippen MR) is 99.8 cm³/mol. The molecule has 3 N–H and O–H groups in total. The molecule has 0 spiro atoms. The van der Waals surface area contributed by atoms with Crippen LogP contribution < -0.4 is 11.1 Å². The Morgan fingerprint density at radius 1 is 1.31 bits per heavy atom. The number of aromatic nitrogens is 4. The Kier molecular flexibility index (Phi) is 5.03. The van der Waals surface area contributed by atoms with E-state index in [1.807, 2.05) is 19.4 Å². The van der Waals surface area contributed by atoms with Crippen LogP contribution in [0, 0.1) is 5.92 Å². The molecule has 2 aromatic heterocycles. The maximum atomic E-state index is 5.96. The van der Waals surface area contributed by atoms with Crippen LogP contribution in [0.25, 0.3) is 0 Å². The first-order chi connectivity index (χ1) is 12.7. The Bertz CT molecular complexity index is 754. The molecule has 2 aliphatic rings. The summed E-state index contributed by atoms with van der Waals surface area (Å²) in [4.78, 5) is 11.5. The molecule has 1 fully saturated rings. The lowest BCUT2D eigenvalue weighted by Crippen LogP contribution is -2.32. The molecule has 26 heavy (non-hydrogen) atoms. The van der Waals surface area contributed by atoms with E-state index < -0.39 is 0 Å².